The first-order valence-corrected chi connectivity index (χ1v) is 8.42. The Balaban J connectivity index is 2.43. The highest BCUT2D eigenvalue weighted by molar-refractivity contribution is 9.10. The Morgan fingerprint density at radius 2 is 1.95 bits per heavy atom. The van der Waals surface area contributed by atoms with Crippen LogP contribution in [0.3, 0.4) is 0 Å². The maximum atomic E-state index is 6.28. The second-order valence-corrected chi connectivity index (χ2v) is 6.63. The predicted octanol–water partition coefficient (Wildman–Crippen LogP) is 6.11. The normalized spacial score (nSPS) is 14.4. The molecule has 0 bridgehead atoms. The van der Waals surface area contributed by atoms with Gasteiger partial charge in [-0.25, -0.2) is 0 Å². The number of nitrogens with one attached hydrogen (secondary N) is 1. The maximum Gasteiger partial charge on any atom is 0.0464 e. The molecule has 0 aliphatic rings. The Bertz CT molecular complexity index is 381. The topological polar surface area (TPSA) is 12.0 Å². The molecule has 1 aromatic carbocycles. The van der Waals surface area contributed by atoms with E-state index in [1.165, 1.54) is 37.7 Å². The summed E-state index contributed by atoms with van der Waals surface area (Å²) >= 11 is 9.72. The van der Waals surface area contributed by atoms with Crippen molar-refractivity contribution in [1.82, 2.24) is 5.32 Å². The van der Waals surface area contributed by atoms with Crippen molar-refractivity contribution in [3.63, 3.8) is 0 Å². The van der Waals surface area contributed by atoms with Gasteiger partial charge in [-0.3, -0.25) is 0 Å². The highest BCUT2D eigenvalue weighted by atomic mass is 79.9. The summed E-state index contributed by atoms with van der Waals surface area (Å²) in [5, 5.41) is 4.46. The molecule has 1 N–H and O–H groups in total. The highest BCUT2D eigenvalue weighted by Gasteiger charge is 2.12. The van der Waals surface area contributed by atoms with Crippen molar-refractivity contribution in [2.45, 2.75) is 65.0 Å². The van der Waals surface area contributed by atoms with Gasteiger partial charge in [0, 0.05) is 21.6 Å². The van der Waals surface area contributed by atoms with E-state index in [4.69, 9.17) is 11.6 Å². The van der Waals surface area contributed by atoms with Crippen LogP contribution in [0, 0.1) is 0 Å². The van der Waals surface area contributed by atoms with Gasteiger partial charge in [-0.15, -0.1) is 0 Å². The quantitative estimate of drug-likeness (QED) is 0.560. The number of halogens is 2. The Labute approximate surface area is 131 Å². The van der Waals surface area contributed by atoms with Crippen LogP contribution in [0.1, 0.15) is 64.5 Å². The second-order valence-electron chi connectivity index (χ2n) is 5.30. The average molecular weight is 347 g/mol. The van der Waals surface area contributed by atoms with E-state index in [2.05, 4.69) is 48.1 Å². The molecule has 0 aromatic heterocycles. The van der Waals surface area contributed by atoms with E-state index in [0.717, 1.165) is 9.50 Å². The third kappa shape index (κ3) is 6.29. The van der Waals surface area contributed by atoms with Gasteiger partial charge in [0.25, 0.3) is 0 Å². The van der Waals surface area contributed by atoms with Crippen molar-refractivity contribution >= 4 is 27.5 Å². The van der Waals surface area contributed by atoms with E-state index in [-0.39, 0.29) is 0 Å². The summed E-state index contributed by atoms with van der Waals surface area (Å²) < 4.78 is 1.03. The molecule has 108 valence electrons. The summed E-state index contributed by atoms with van der Waals surface area (Å²) in [5.41, 5.74) is 1.17. The van der Waals surface area contributed by atoms with Crippen molar-refractivity contribution in [2.75, 3.05) is 0 Å². The van der Waals surface area contributed by atoms with Gasteiger partial charge in [-0.1, -0.05) is 66.2 Å². The van der Waals surface area contributed by atoms with Crippen LogP contribution in [-0.4, -0.2) is 6.04 Å². The van der Waals surface area contributed by atoms with E-state index in [0.29, 0.717) is 12.1 Å². The minimum atomic E-state index is 0.293. The largest absolute Gasteiger partial charge is 0.308 e. The minimum absolute atomic E-state index is 0.293. The van der Waals surface area contributed by atoms with Crippen LogP contribution in [0.15, 0.2) is 22.7 Å². The molecule has 19 heavy (non-hydrogen) atoms. The maximum absolute atomic E-state index is 6.28. The minimum Gasteiger partial charge on any atom is -0.308 e. The number of hydrogen-bond donors (Lipinski definition) is 1. The summed E-state index contributed by atoms with van der Waals surface area (Å²) in [6.07, 6.45) is 6.53. The molecule has 0 saturated heterocycles. The molecule has 0 heterocycles. The molecule has 2 unspecified atom stereocenters. The molecule has 0 saturated carbocycles. The van der Waals surface area contributed by atoms with E-state index >= 15 is 0 Å². The lowest BCUT2D eigenvalue weighted by Gasteiger charge is -2.21. The number of unbranched alkanes of at least 4 members (excludes halogenated alkanes) is 3. The van der Waals surface area contributed by atoms with Crippen molar-refractivity contribution in [3.8, 4) is 0 Å². The fraction of sp³-hybridized carbons (Fsp3) is 0.625. The third-order valence-corrected chi connectivity index (χ3v) is 4.27. The van der Waals surface area contributed by atoms with Gasteiger partial charge in [-0.2, -0.15) is 0 Å². The standard InChI is InChI=1S/C16H25BrClN/c1-4-5-6-7-8-12(2)19-13(3)15-10-9-14(17)11-16(15)18/h9-13,19H,4-8H2,1-3H3. The van der Waals surface area contributed by atoms with Crippen LogP contribution >= 0.6 is 27.5 Å². The molecule has 2 atom stereocenters. The summed E-state index contributed by atoms with van der Waals surface area (Å²) in [6, 6.07) is 6.92. The van der Waals surface area contributed by atoms with Crippen LogP contribution in [0.2, 0.25) is 5.02 Å². The molecule has 1 rings (SSSR count). The van der Waals surface area contributed by atoms with Gasteiger partial charge in [0.1, 0.15) is 0 Å². The van der Waals surface area contributed by atoms with Gasteiger partial charge >= 0.3 is 0 Å². The van der Waals surface area contributed by atoms with E-state index in [1.807, 2.05) is 12.1 Å². The Morgan fingerprint density at radius 1 is 1.21 bits per heavy atom. The van der Waals surface area contributed by atoms with Crippen molar-refractivity contribution in [3.05, 3.63) is 33.3 Å². The van der Waals surface area contributed by atoms with E-state index in [1.54, 1.807) is 0 Å². The zero-order chi connectivity index (χ0) is 14.3. The number of rotatable bonds is 8. The van der Waals surface area contributed by atoms with E-state index < -0.39 is 0 Å². The molecule has 0 aliphatic heterocycles. The van der Waals surface area contributed by atoms with Gasteiger partial charge < -0.3 is 5.32 Å². The first-order chi connectivity index (χ1) is 9.04. The number of benzene rings is 1. The van der Waals surface area contributed by atoms with Crippen molar-refractivity contribution < 1.29 is 0 Å². The van der Waals surface area contributed by atoms with Crippen molar-refractivity contribution in [2.24, 2.45) is 0 Å². The molecule has 1 nitrogen and oxygen atoms in total. The Kier molecular flexibility index (Phi) is 8.05. The van der Waals surface area contributed by atoms with Gasteiger partial charge in [0.2, 0.25) is 0 Å². The fourth-order valence-corrected chi connectivity index (χ4v) is 3.17. The fourth-order valence-electron chi connectivity index (χ4n) is 2.33. The lowest BCUT2D eigenvalue weighted by atomic mass is 10.0. The Morgan fingerprint density at radius 3 is 2.58 bits per heavy atom. The lowest BCUT2D eigenvalue weighted by Crippen LogP contribution is -2.29. The van der Waals surface area contributed by atoms with Crippen LogP contribution in [-0.2, 0) is 0 Å². The van der Waals surface area contributed by atoms with Gasteiger partial charge in [0.05, 0.1) is 0 Å². The first-order valence-electron chi connectivity index (χ1n) is 7.25. The number of hydrogen-bond acceptors (Lipinski definition) is 1. The van der Waals surface area contributed by atoms with E-state index in [9.17, 15) is 0 Å². The predicted molar refractivity (Wildman–Crippen MR) is 88.9 cm³/mol. The molecule has 3 heteroatoms. The summed E-state index contributed by atoms with van der Waals surface area (Å²) in [7, 11) is 0. The zero-order valence-electron chi connectivity index (χ0n) is 12.2. The summed E-state index contributed by atoms with van der Waals surface area (Å²) in [4.78, 5) is 0. The average Bonchev–Trinajstić information content (AvgIpc) is 2.34. The zero-order valence-corrected chi connectivity index (χ0v) is 14.5. The van der Waals surface area contributed by atoms with Gasteiger partial charge in [0.15, 0.2) is 0 Å². The summed E-state index contributed by atoms with van der Waals surface area (Å²) in [6.45, 7) is 6.69. The second kappa shape index (κ2) is 8.99. The molecule has 0 fully saturated rings. The van der Waals surface area contributed by atoms with Crippen LogP contribution < -0.4 is 5.32 Å². The molecule has 0 aliphatic carbocycles. The third-order valence-electron chi connectivity index (χ3n) is 3.45. The Hall–Kier alpha value is -0.0500. The molecular formula is C16H25BrClN. The van der Waals surface area contributed by atoms with Crippen LogP contribution in [0.25, 0.3) is 0 Å². The lowest BCUT2D eigenvalue weighted by molar-refractivity contribution is 0.438. The summed E-state index contributed by atoms with van der Waals surface area (Å²) in [5.74, 6) is 0. The highest BCUT2D eigenvalue weighted by Crippen LogP contribution is 2.26. The van der Waals surface area contributed by atoms with Gasteiger partial charge in [-0.05, 0) is 38.0 Å². The van der Waals surface area contributed by atoms with Crippen LogP contribution in [0.5, 0.6) is 0 Å². The molecule has 0 amide bonds. The SMILES string of the molecule is CCCCCCC(C)NC(C)c1ccc(Br)cc1Cl. The van der Waals surface area contributed by atoms with Crippen molar-refractivity contribution in [1.29, 1.82) is 0 Å². The smallest absolute Gasteiger partial charge is 0.0464 e. The molecule has 1 aromatic rings. The van der Waals surface area contributed by atoms with Crippen LogP contribution in [0.4, 0.5) is 0 Å². The first kappa shape index (κ1) is 17.0. The molecule has 0 radical (unpaired) electrons. The molecule has 0 spiro atoms. The monoisotopic (exact) mass is 345 g/mol. The molecular weight excluding hydrogens is 322 g/mol.